The van der Waals surface area contributed by atoms with Gasteiger partial charge in [-0.15, -0.1) is 11.3 Å². The van der Waals surface area contributed by atoms with Crippen molar-refractivity contribution in [3.8, 4) is 0 Å². The van der Waals surface area contributed by atoms with Crippen molar-refractivity contribution in [1.29, 1.82) is 0 Å². The van der Waals surface area contributed by atoms with Gasteiger partial charge in [0.15, 0.2) is 5.13 Å². The molecule has 4 nitrogen and oxygen atoms in total. The first-order valence-electron chi connectivity index (χ1n) is 6.31. The normalized spacial score (nSPS) is 10.5. The lowest BCUT2D eigenvalue weighted by Gasteiger charge is -2.00. The van der Waals surface area contributed by atoms with E-state index in [4.69, 9.17) is 0 Å². The van der Waals surface area contributed by atoms with Crippen LogP contribution in [0.4, 0.5) is 5.13 Å². The molecule has 0 aliphatic rings. The van der Waals surface area contributed by atoms with Gasteiger partial charge in [-0.25, -0.2) is 4.98 Å². The minimum absolute atomic E-state index is 0.0103. The molecule has 2 N–H and O–H groups in total. The largest absolute Gasteiger partial charge is 0.319 e. The van der Waals surface area contributed by atoms with Crippen molar-refractivity contribution in [2.45, 2.75) is 12.8 Å². The molecule has 0 atom stereocenters. The van der Waals surface area contributed by atoms with Crippen LogP contribution in [0.15, 0.2) is 34.9 Å². The molecule has 106 valence electrons. The van der Waals surface area contributed by atoms with E-state index in [1.165, 1.54) is 16.9 Å². The summed E-state index contributed by atoms with van der Waals surface area (Å²) in [5.74, 6) is -0.0103. The summed E-state index contributed by atoms with van der Waals surface area (Å²) in [5, 5.41) is 6.42. The Bertz CT molecular complexity index is 568. The van der Waals surface area contributed by atoms with Gasteiger partial charge in [0.05, 0.1) is 0 Å². The molecular weight excluding hydrogens is 338 g/mol. The Kier molecular flexibility index (Phi) is 5.70. The van der Waals surface area contributed by atoms with Crippen LogP contribution >= 0.6 is 27.3 Å². The lowest BCUT2D eigenvalue weighted by molar-refractivity contribution is -0.116. The van der Waals surface area contributed by atoms with Gasteiger partial charge in [-0.1, -0.05) is 28.1 Å². The highest BCUT2D eigenvalue weighted by Gasteiger charge is 2.06. The third kappa shape index (κ3) is 4.70. The summed E-state index contributed by atoms with van der Waals surface area (Å²) in [5.41, 5.74) is 1.23. The maximum Gasteiger partial charge on any atom is 0.227 e. The molecule has 1 aromatic carbocycles. The Balaban J connectivity index is 1.91. The molecule has 0 aliphatic heterocycles. The quantitative estimate of drug-likeness (QED) is 0.838. The first-order valence-corrected chi connectivity index (χ1v) is 7.92. The maximum atomic E-state index is 11.6. The molecule has 0 fully saturated rings. The van der Waals surface area contributed by atoms with Crippen LogP contribution in [0.5, 0.6) is 0 Å². The summed E-state index contributed by atoms with van der Waals surface area (Å²) in [4.78, 5) is 17.0. The summed E-state index contributed by atoms with van der Waals surface area (Å²) < 4.78 is 1.07. The van der Waals surface area contributed by atoms with Gasteiger partial charge in [-0.05, 0) is 24.7 Å². The van der Waals surface area contributed by atoms with Crippen molar-refractivity contribution < 1.29 is 4.79 Å². The SMILES string of the molecule is CNCCC(=O)Nc1ncc(Cc2ccc(Br)cc2)s1. The van der Waals surface area contributed by atoms with E-state index >= 15 is 0 Å². The number of aromatic nitrogens is 1. The minimum Gasteiger partial charge on any atom is -0.319 e. The van der Waals surface area contributed by atoms with Crippen LogP contribution in [0.1, 0.15) is 16.9 Å². The van der Waals surface area contributed by atoms with Gasteiger partial charge >= 0.3 is 0 Å². The standard InChI is InChI=1S/C14H16BrN3OS/c1-16-7-6-13(19)18-14-17-9-12(20-14)8-10-2-4-11(15)5-3-10/h2-5,9,16H,6-8H2,1H3,(H,17,18,19). The molecule has 1 aromatic heterocycles. The van der Waals surface area contributed by atoms with Crippen molar-refractivity contribution in [2.24, 2.45) is 0 Å². The molecule has 1 heterocycles. The summed E-state index contributed by atoms with van der Waals surface area (Å²) in [6.45, 7) is 0.670. The number of hydrogen-bond acceptors (Lipinski definition) is 4. The molecule has 2 rings (SSSR count). The molecule has 0 saturated heterocycles. The maximum absolute atomic E-state index is 11.6. The summed E-state index contributed by atoms with van der Waals surface area (Å²) in [6.07, 6.45) is 3.11. The average Bonchev–Trinajstić information content (AvgIpc) is 2.86. The highest BCUT2D eigenvalue weighted by molar-refractivity contribution is 9.10. The zero-order valence-electron chi connectivity index (χ0n) is 11.1. The Hall–Kier alpha value is -1.24. The van der Waals surface area contributed by atoms with Gasteiger partial charge < -0.3 is 10.6 Å². The van der Waals surface area contributed by atoms with E-state index in [9.17, 15) is 4.79 Å². The fourth-order valence-electron chi connectivity index (χ4n) is 1.67. The number of nitrogens with zero attached hydrogens (tertiary/aromatic N) is 1. The third-order valence-corrected chi connectivity index (χ3v) is 4.14. The Morgan fingerprint density at radius 1 is 1.35 bits per heavy atom. The average molecular weight is 354 g/mol. The number of carbonyl (C=O) groups excluding carboxylic acids is 1. The van der Waals surface area contributed by atoms with E-state index in [-0.39, 0.29) is 5.91 Å². The second-order valence-corrected chi connectivity index (χ2v) is 6.37. The van der Waals surface area contributed by atoms with Crippen LogP contribution in [0.2, 0.25) is 0 Å². The topological polar surface area (TPSA) is 54.0 Å². The van der Waals surface area contributed by atoms with Gasteiger partial charge in [0.25, 0.3) is 0 Å². The van der Waals surface area contributed by atoms with Crippen molar-refractivity contribution in [3.63, 3.8) is 0 Å². The summed E-state index contributed by atoms with van der Waals surface area (Å²) in [7, 11) is 1.83. The van der Waals surface area contributed by atoms with E-state index in [1.54, 1.807) is 0 Å². The molecule has 0 spiro atoms. The van der Waals surface area contributed by atoms with Crippen LogP contribution in [0, 0.1) is 0 Å². The van der Waals surface area contributed by atoms with E-state index in [2.05, 4.69) is 43.7 Å². The number of halogens is 1. The van der Waals surface area contributed by atoms with Crippen molar-refractivity contribution in [1.82, 2.24) is 10.3 Å². The van der Waals surface area contributed by atoms with Crippen molar-refractivity contribution in [2.75, 3.05) is 18.9 Å². The number of anilines is 1. The predicted molar refractivity (Wildman–Crippen MR) is 86.2 cm³/mol. The second kappa shape index (κ2) is 7.52. The van der Waals surface area contributed by atoms with E-state index < -0.39 is 0 Å². The lowest BCUT2D eigenvalue weighted by Crippen LogP contribution is -2.18. The van der Waals surface area contributed by atoms with Crippen LogP contribution in [0.3, 0.4) is 0 Å². The van der Waals surface area contributed by atoms with Gasteiger partial charge in [0.2, 0.25) is 5.91 Å². The number of amides is 1. The van der Waals surface area contributed by atoms with E-state index in [1.807, 2.05) is 25.4 Å². The monoisotopic (exact) mass is 353 g/mol. The smallest absolute Gasteiger partial charge is 0.227 e. The lowest BCUT2D eigenvalue weighted by atomic mass is 10.1. The minimum atomic E-state index is -0.0103. The summed E-state index contributed by atoms with van der Waals surface area (Å²) in [6, 6.07) is 8.21. The van der Waals surface area contributed by atoms with Crippen LogP contribution in [-0.2, 0) is 11.2 Å². The third-order valence-electron chi connectivity index (χ3n) is 2.69. The van der Waals surface area contributed by atoms with Crippen LogP contribution < -0.4 is 10.6 Å². The first-order chi connectivity index (χ1) is 9.67. The Morgan fingerprint density at radius 2 is 2.10 bits per heavy atom. The fourth-order valence-corrected chi connectivity index (χ4v) is 2.80. The number of rotatable bonds is 6. The summed E-state index contributed by atoms with van der Waals surface area (Å²) >= 11 is 4.94. The molecule has 0 bridgehead atoms. The zero-order valence-corrected chi connectivity index (χ0v) is 13.6. The van der Waals surface area contributed by atoms with Crippen LogP contribution in [0.25, 0.3) is 0 Å². The molecule has 0 aliphatic carbocycles. The van der Waals surface area contributed by atoms with Crippen molar-refractivity contribution in [3.05, 3.63) is 45.4 Å². The van der Waals surface area contributed by atoms with Gasteiger partial charge in [-0.3, -0.25) is 4.79 Å². The van der Waals surface area contributed by atoms with E-state index in [0.717, 1.165) is 15.8 Å². The molecular formula is C14H16BrN3OS. The number of nitrogens with one attached hydrogen (secondary N) is 2. The zero-order chi connectivity index (χ0) is 14.4. The molecule has 6 heteroatoms. The molecule has 0 unspecified atom stereocenters. The van der Waals surface area contributed by atoms with Gasteiger partial charge in [0, 0.05) is 34.9 Å². The Labute approximate surface area is 130 Å². The first kappa shape index (κ1) is 15.2. The van der Waals surface area contributed by atoms with Gasteiger partial charge in [0.1, 0.15) is 0 Å². The highest BCUT2D eigenvalue weighted by atomic mass is 79.9. The van der Waals surface area contributed by atoms with Gasteiger partial charge in [-0.2, -0.15) is 0 Å². The molecule has 1 amide bonds. The Morgan fingerprint density at radius 3 is 2.80 bits per heavy atom. The number of benzene rings is 1. The molecule has 20 heavy (non-hydrogen) atoms. The van der Waals surface area contributed by atoms with Crippen LogP contribution in [-0.4, -0.2) is 24.5 Å². The number of thiazole rings is 1. The highest BCUT2D eigenvalue weighted by Crippen LogP contribution is 2.22. The second-order valence-electron chi connectivity index (χ2n) is 4.34. The number of carbonyl (C=O) groups is 1. The molecule has 0 saturated carbocycles. The number of hydrogen-bond donors (Lipinski definition) is 2. The molecule has 0 radical (unpaired) electrons. The predicted octanol–water partition coefficient (Wildman–Crippen LogP) is 3.04. The van der Waals surface area contributed by atoms with E-state index in [0.29, 0.717) is 18.1 Å². The van der Waals surface area contributed by atoms with Crippen molar-refractivity contribution >= 4 is 38.3 Å². The fraction of sp³-hybridized carbons (Fsp3) is 0.286. The molecule has 2 aromatic rings.